The third-order valence-electron chi connectivity index (χ3n) is 3.01. The number of rotatable bonds is 3. The predicted molar refractivity (Wildman–Crippen MR) is 75.6 cm³/mol. The van der Waals surface area contributed by atoms with Gasteiger partial charge >= 0.3 is 5.69 Å². The van der Waals surface area contributed by atoms with E-state index in [1.54, 1.807) is 12.1 Å². The number of aryl methyl sites for hydroxylation is 1. The number of nitrogens with zero attached hydrogens (tertiary/aromatic N) is 1. The van der Waals surface area contributed by atoms with Gasteiger partial charge in [0, 0.05) is 12.1 Å². The molecule has 5 nitrogen and oxygen atoms in total. The van der Waals surface area contributed by atoms with Crippen molar-refractivity contribution >= 4 is 17.4 Å². The average Bonchev–Trinajstić information content (AvgIpc) is 2.38. The van der Waals surface area contributed by atoms with Crippen molar-refractivity contribution in [1.29, 1.82) is 0 Å². The fraction of sp³-hybridized carbons (Fsp3) is 0.231. The van der Waals surface area contributed by atoms with Crippen molar-refractivity contribution in [3.63, 3.8) is 0 Å². The molecule has 0 saturated carbocycles. The number of aromatic nitrogens is 2. The van der Waals surface area contributed by atoms with Crippen LogP contribution in [0.3, 0.4) is 0 Å². The Labute approximate surface area is 114 Å². The number of nitrogens with one attached hydrogen (secondary N) is 1. The van der Waals surface area contributed by atoms with Gasteiger partial charge in [0.15, 0.2) is 0 Å². The lowest BCUT2D eigenvalue weighted by atomic mass is 10.1. The van der Waals surface area contributed by atoms with E-state index in [4.69, 9.17) is 17.3 Å². The lowest BCUT2D eigenvalue weighted by molar-refractivity contribution is 0.751. The smallest absolute Gasteiger partial charge is 0.329 e. The van der Waals surface area contributed by atoms with Crippen molar-refractivity contribution in [2.24, 2.45) is 7.05 Å². The number of benzene rings is 1. The van der Waals surface area contributed by atoms with Gasteiger partial charge in [-0.2, -0.15) is 0 Å². The molecule has 0 bridgehead atoms. The van der Waals surface area contributed by atoms with Crippen LogP contribution in [0.1, 0.15) is 11.1 Å². The maximum atomic E-state index is 11.9. The monoisotopic (exact) mass is 279 g/mol. The summed E-state index contributed by atoms with van der Waals surface area (Å²) >= 11 is 5.80. The first-order valence-electron chi connectivity index (χ1n) is 5.81. The fourth-order valence-electron chi connectivity index (χ4n) is 1.85. The normalized spacial score (nSPS) is 10.6. The summed E-state index contributed by atoms with van der Waals surface area (Å²) in [5.41, 5.74) is 6.32. The molecule has 0 saturated heterocycles. The number of nitrogens with two attached hydrogens (primary N) is 1. The highest BCUT2D eigenvalue weighted by Crippen LogP contribution is 2.12. The second kappa shape index (κ2) is 5.32. The van der Waals surface area contributed by atoms with Gasteiger partial charge in [-0.15, -0.1) is 0 Å². The summed E-state index contributed by atoms with van der Waals surface area (Å²) in [6.07, 6.45) is 1.12. The van der Waals surface area contributed by atoms with Gasteiger partial charge in [-0.3, -0.25) is 14.3 Å². The number of H-pyrrole nitrogens is 1. The van der Waals surface area contributed by atoms with E-state index in [1.807, 2.05) is 12.1 Å². The molecule has 1 aromatic carbocycles. The number of anilines is 1. The number of hydrogen-bond donors (Lipinski definition) is 2. The number of hydrogen-bond acceptors (Lipinski definition) is 3. The Balaban J connectivity index is 2.25. The molecule has 0 aliphatic heterocycles. The number of halogens is 1. The standard InChI is InChI=1S/C13H14ClN3O2/c1-17-12(18)10(11(15)16-13(17)19)7-4-8-2-5-9(14)6-3-8/h2-3,5-6H,4,7,15H2,1H3,(H,16,19). The third-order valence-corrected chi connectivity index (χ3v) is 3.26. The summed E-state index contributed by atoms with van der Waals surface area (Å²) in [4.78, 5) is 25.7. The zero-order chi connectivity index (χ0) is 14.0. The van der Waals surface area contributed by atoms with Crippen LogP contribution in [0, 0.1) is 0 Å². The van der Waals surface area contributed by atoms with E-state index in [9.17, 15) is 9.59 Å². The molecular weight excluding hydrogens is 266 g/mol. The molecule has 0 atom stereocenters. The fourth-order valence-corrected chi connectivity index (χ4v) is 1.97. The van der Waals surface area contributed by atoms with Crippen LogP contribution in [0.4, 0.5) is 5.82 Å². The van der Waals surface area contributed by atoms with Crippen LogP contribution in [0.15, 0.2) is 33.9 Å². The van der Waals surface area contributed by atoms with E-state index < -0.39 is 5.69 Å². The van der Waals surface area contributed by atoms with Gasteiger partial charge in [-0.1, -0.05) is 23.7 Å². The molecular formula is C13H14ClN3O2. The predicted octanol–water partition coefficient (Wildman–Crippen LogP) is 1.09. The van der Waals surface area contributed by atoms with Crippen LogP contribution in [-0.4, -0.2) is 9.55 Å². The van der Waals surface area contributed by atoms with Gasteiger partial charge in [-0.25, -0.2) is 4.79 Å². The van der Waals surface area contributed by atoms with Crippen LogP contribution in [0.2, 0.25) is 5.02 Å². The lowest BCUT2D eigenvalue weighted by Crippen LogP contribution is -2.36. The molecule has 2 aromatic rings. The molecule has 0 fully saturated rings. The summed E-state index contributed by atoms with van der Waals surface area (Å²) in [5, 5.41) is 0.670. The summed E-state index contributed by atoms with van der Waals surface area (Å²) < 4.78 is 1.02. The van der Waals surface area contributed by atoms with E-state index in [2.05, 4.69) is 4.98 Å². The van der Waals surface area contributed by atoms with E-state index in [0.29, 0.717) is 23.4 Å². The maximum absolute atomic E-state index is 11.9. The highest BCUT2D eigenvalue weighted by atomic mass is 35.5. The molecule has 0 radical (unpaired) electrons. The van der Waals surface area contributed by atoms with Gasteiger partial charge in [0.25, 0.3) is 5.56 Å². The second-order valence-electron chi connectivity index (χ2n) is 4.31. The molecule has 19 heavy (non-hydrogen) atoms. The van der Waals surface area contributed by atoms with Crippen molar-refractivity contribution in [2.45, 2.75) is 12.8 Å². The van der Waals surface area contributed by atoms with Crippen molar-refractivity contribution < 1.29 is 0 Å². The van der Waals surface area contributed by atoms with Crippen molar-refractivity contribution in [3.05, 3.63) is 61.3 Å². The van der Waals surface area contributed by atoms with E-state index in [1.165, 1.54) is 7.05 Å². The highest BCUT2D eigenvalue weighted by molar-refractivity contribution is 6.30. The Bertz CT molecular complexity index is 701. The minimum Gasteiger partial charge on any atom is -0.385 e. The average molecular weight is 280 g/mol. The molecule has 0 aliphatic rings. The molecule has 0 unspecified atom stereocenters. The summed E-state index contributed by atoms with van der Waals surface area (Å²) in [6, 6.07) is 7.39. The van der Waals surface area contributed by atoms with Crippen molar-refractivity contribution in [2.75, 3.05) is 5.73 Å². The summed E-state index contributed by atoms with van der Waals surface area (Å²) in [6.45, 7) is 0. The van der Waals surface area contributed by atoms with Crippen LogP contribution in [0.25, 0.3) is 0 Å². The zero-order valence-electron chi connectivity index (χ0n) is 10.4. The molecule has 0 spiro atoms. The van der Waals surface area contributed by atoms with Gasteiger partial charge in [-0.05, 0) is 30.5 Å². The quantitative estimate of drug-likeness (QED) is 0.883. The second-order valence-corrected chi connectivity index (χ2v) is 4.75. The largest absolute Gasteiger partial charge is 0.385 e. The van der Waals surface area contributed by atoms with Crippen molar-refractivity contribution in [3.8, 4) is 0 Å². The molecule has 100 valence electrons. The minimum absolute atomic E-state index is 0.141. The molecule has 0 aliphatic carbocycles. The van der Waals surface area contributed by atoms with Crippen LogP contribution < -0.4 is 17.0 Å². The zero-order valence-corrected chi connectivity index (χ0v) is 11.2. The van der Waals surface area contributed by atoms with Gasteiger partial charge < -0.3 is 5.73 Å². The lowest BCUT2D eigenvalue weighted by Gasteiger charge is -2.06. The highest BCUT2D eigenvalue weighted by Gasteiger charge is 2.09. The van der Waals surface area contributed by atoms with Gasteiger partial charge in [0.05, 0.1) is 5.56 Å². The van der Waals surface area contributed by atoms with Gasteiger partial charge in [0.1, 0.15) is 5.82 Å². The minimum atomic E-state index is -0.502. The van der Waals surface area contributed by atoms with E-state index >= 15 is 0 Å². The first kappa shape index (κ1) is 13.4. The first-order chi connectivity index (χ1) is 8.99. The van der Waals surface area contributed by atoms with Crippen LogP contribution in [-0.2, 0) is 19.9 Å². The first-order valence-corrected chi connectivity index (χ1v) is 6.19. The molecule has 2 rings (SSSR count). The molecule has 1 aromatic heterocycles. The molecule has 0 amide bonds. The van der Waals surface area contributed by atoms with Gasteiger partial charge in [0.2, 0.25) is 0 Å². The SMILES string of the molecule is Cn1c(=O)[nH]c(N)c(CCc2ccc(Cl)cc2)c1=O. The molecule has 1 heterocycles. The van der Waals surface area contributed by atoms with E-state index in [-0.39, 0.29) is 11.4 Å². The van der Waals surface area contributed by atoms with Crippen LogP contribution in [0.5, 0.6) is 0 Å². The molecule has 3 N–H and O–H groups in total. The van der Waals surface area contributed by atoms with Crippen LogP contribution >= 0.6 is 11.6 Å². The Morgan fingerprint density at radius 3 is 2.47 bits per heavy atom. The Hall–Kier alpha value is -2.01. The number of aromatic amines is 1. The van der Waals surface area contributed by atoms with E-state index in [0.717, 1.165) is 10.1 Å². The Morgan fingerprint density at radius 2 is 1.84 bits per heavy atom. The topological polar surface area (TPSA) is 80.9 Å². The summed E-state index contributed by atoms with van der Waals surface area (Å²) in [5.74, 6) is 0.141. The maximum Gasteiger partial charge on any atom is 0.329 e. The molecule has 6 heteroatoms. The summed E-state index contributed by atoms with van der Waals surface area (Å²) in [7, 11) is 1.42. The number of nitrogen functional groups attached to an aromatic ring is 1. The Kier molecular flexibility index (Phi) is 3.76. The Morgan fingerprint density at radius 1 is 1.21 bits per heavy atom. The third kappa shape index (κ3) is 2.88. The van der Waals surface area contributed by atoms with Crippen molar-refractivity contribution in [1.82, 2.24) is 9.55 Å².